The second-order valence-electron chi connectivity index (χ2n) is 6.58. The fraction of sp³-hybridized carbons (Fsp3) is 0.381. The number of nitrogens with one attached hydrogen (secondary N) is 1. The molecule has 2 amide bonds. The van der Waals surface area contributed by atoms with Crippen LogP contribution in [0, 0.1) is 0 Å². The van der Waals surface area contributed by atoms with Gasteiger partial charge in [0.25, 0.3) is 0 Å². The highest BCUT2D eigenvalue weighted by molar-refractivity contribution is 6.31. The normalized spacial score (nSPS) is 15.3. The molecule has 0 fully saturated rings. The summed E-state index contributed by atoms with van der Waals surface area (Å²) in [5.41, 5.74) is 2.85. The van der Waals surface area contributed by atoms with Gasteiger partial charge in [-0.3, -0.25) is 0 Å². The Kier molecular flexibility index (Phi) is 6.11. The highest BCUT2D eigenvalue weighted by atomic mass is 35.5. The van der Waals surface area contributed by atoms with Crippen molar-refractivity contribution in [1.82, 2.24) is 4.90 Å². The highest BCUT2D eigenvalue weighted by Crippen LogP contribution is 2.32. The van der Waals surface area contributed by atoms with E-state index in [0.29, 0.717) is 23.9 Å². The predicted octanol–water partition coefficient (Wildman–Crippen LogP) is 4.77. The first-order chi connectivity index (χ1) is 13.0. The van der Waals surface area contributed by atoms with Gasteiger partial charge in [0.2, 0.25) is 0 Å². The zero-order valence-corrected chi connectivity index (χ0v) is 16.7. The van der Waals surface area contributed by atoms with Crippen molar-refractivity contribution in [2.24, 2.45) is 0 Å². The number of carbonyl (C=O) groups is 1. The molecule has 1 heterocycles. The molecule has 0 aromatic heterocycles. The van der Waals surface area contributed by atoms with E-state index in [1.807, 2.05) is 43.3 Å². The van der Waals surface area contributed by atoms with E-state index in [1.54, 1.807) is 11.9 Å². The van der Waals surface area contributed by atoms with Gasteiger partial charge in [-0.15, -0.1) is 0 Å². The van der Waals surface area contributed by atoms with Crippen LogP contribution in [-0.4, -0.2) is 37.2 Å². The number of benzene rings is 2. The number of hydrogen-bond acceptors (Lipinski definition) is 3. The summed E-state index contributed by atoms with van der Waals surface area (Å²) in [5.74, 6) is 1.44. The molecule has 144 valence electrons. The zero-order valence-electron chi connectivity index (χ0n) is 15.9. The molecule has 1 atom stereocenters. The number of para-hydroxylation sites is 2. The fourth-order valence-corrected chi connectivity index (χ4v) is 3.50. The standard InChI is InChI=1S/C21H25ClN2O3/c1-4-14-10-11-17(22)16(5-2)20(14)23-21(25)24(3)12-15-13-26-18-8-6-7-9-19(18)27-15/h6-11,15H,4-5,12-13H2,1-3H3,(H,23,25). The van der Waals surface area contributed by atoms with Crippen molar-refractivity contribution in [3.63, 3.8) is 0 Å². The summed E-state index contributed by atoms with van der Waals surface area (Å²) < 4.78 is 11.7. The largest absolute Gasteiger partial charge is 0.486 e. The van der Waals surface area contributed by atoms with Gasteiger partial charge >= 0.3 is 6.03 Å². The van der Waals surface area contributed by atoms with E-state index in [-0.39, 0.29) is 12.1 Å². The van der Waals surface area contributed by atoms with Gasteiger partial charge in [0.05, 0.1) is 12.2 Å². The monoisotopic (exact) mass is 388 g/mol. The van der Waals surface area contributed by atoms with Gasteiger partial charge in [-0.1, -0.05) is 43.6 Å². The number of anilines is 1. The van der Waals surface area contributed by atoms with E-state index >= 15 is 0 Å². The molecule has 2 aromatic carbocycles. The van der Waals surface area contributed by atoms with Crippen LogP contribution in [0.1, 0.15) is 25.0 Å². The molecular weight excluding hydrogens is 364 g/mol. The Morgan fingerprint density at radius 3 is 2.63 bits per heavy atom. The van der Waals surface area contributed by atoms with E-state index in [9.17, 15) is 4.79 Å². The number of rotatable bonds is 5. The van der Waals surface area contributed by atoms with E-state index in [0.717, 1.165) is 35.4 Å². The summed E-state index contributed by atoms with van der Waals surface area (Å²) in [7, 11) is 1.75. The lowest BCUT2D eigenvalue weighted by Crippen LogP contribution is -2.43. The Balaban J connectivity index is 1.68. The van der Waals surface area contributed by atoms with Crippen LogP contribution in [0.5, 0.6) is 11.5 Å². The smallest absolute Gasteiger partial charge is 0.321 e. The Bertz CT molecular complexity index is 825. The SMILES string of the molecule is CCc1ccc(Cl)c(CC)c1NC(=O)N(C)CC1COc2ccccc2O1. The maximum Gasteiger partial charge on any atom is 0.321 e. The van der Waals surface area contributed by atoms with Crippen LogP contribution in [0.15, 0.2) is 36.4 Å². The van der Waals surface area contributed by atoms with Gasteiger partial charge in [0.15, 0.2) is 17.6 Å². The first-order valence-corrected chi connectivity index (χ1v) is 9.62. The molecule has 0 saturated carbocycles. The van der Waals surface area contributed by atoms with Gasteiger partial charge < -0.3 is 19.7 Å². The topological polar surface area (TPSA) is 50.8 Å². The molecule has 1 unspecified atom stereocenters. The van der Waals surface area contributed by atoms with Crippen molar-refractivity contribution in [3.8, 4) is 11.5 Å². The molecule has 2 aromatic rings. The molecule has 0 aliphatic carbocycles. The maximum absolute atomic E-state index is 12.8. The van der Waals surface area contributed by atoms with Gasteiger partial charge in [-0.05, 0) is 42.2 Å². The Morgan fingerprint density at radius 2 is 1.93 bits per heavy atom. The van der Waals surface area contributed by atoms with Gasteiger partial charge in [0.1, 0.15) is 6.61 Å². The first-order valence-electron chi connectivity index (χ1n) is 9.24. The zero-order chi connectivity index (χ0) is 19.4. The number of halogens is 1. The van der Waals surface area contributed by atoms with E-state index in [4.69, 9.17) is 21.1 Å². The van der Waals surface area contributed by atoms with Crippen molar-refractivity contribution in [2.75, 3.05) is 25.5 Å². The van der Waals surface area contributed by atoms with Crippen molar-refractivity contribution in [2.45, 2.75) is 32.8 Å². The molecule has 27 heavy (non-hydrogen) atoms. The van der Waals surface area contributed by atoms with Crippen molar-refractivity contribution in [1.29, 1.82) is 0 Å². The van der Waals surface area contributed by atoms with Gasteiger partial charge in [0, 0.05) is 12.1 Å². The van der Waals surface area contributed by atoms with Crippen molar-refractivity contribution in [3.05, 3.63) is 52.5 Å². The lowest BCUT2D eigenvalue weighted by molar-refractivity contribution is 0.0731. The molecule has 6 heteroatoms. The van der Waals surface area contributed by atoms with Crippen molar-refractivity contribution >= 4 is 23.3 Å². The van der Waals surface area contributed by atoms with Crippen LogP contribution < -0.4 is 14.8 Å². The number of nitrogens with zero attached hydrogens (tertiary/aromatic N) is 1. The molecule has 0 radical (unpaired) electrons. The minimum Gasteiger partial charge on any atom is -0.486 e. The van der Waals surface area contributed by atoms with E-state index in [1.165, 1.54) is 0 Å². The van der Waals surface area contributed by atoms with E-state index < -0.39 is 0 Å². The number of aryl methyl sites for hydroxylation is 1. The van der Waals surface area contributed by atoms with Crippen LogP contribution in [0.4, 0.5) is 10.5 Å². The number of amides is 2. The molecule has 5 nitrogen and oxygen atoms in total. The number of hydrogen-bond donors (Lipinski definition) is 1. The van der Waals surface area contributed by atoms with E-state index in [2.05, 4.69) is 12.2 Å². The van der Waals surface area contributed by atoms with Crippen LogP contribution in [0.25, 0.3) is 0 Å². The highest BCUT2D eigenvalue weighted by Gasteiger charge is 2.24. The van der Waals surface area contributed by atoms with Crippen LogP contribution in [-0.2, 0) is 12.8 Å². The Hall–Kier alpha value is -2.40. The molecule has 0 spiro atoms. The van der Waals surface area contributed by atoms with Crippen LogP contribution in [0.2, 0.25) is 5.02 Å². The Morgan fingerprint density at radius 1 is 1.19 bits per heavy atom. The molecule has 1 aliphatic rings. The van der Waals surface area contributed by atoms with Crippen molar-refractivity contribution < 1.29 is 14.3 Å². The first kappa shape index (κ1) is 19.4. The van der Waals surface area contributed by atoms with Gasteiger partial charge in [-0.25, -0.2) is 4.79 Å². The molecule has 0 saturated heterocycles. The third kappa shape index (κ3) is 4.30. The molecule has 3 rings (SSSR count). The summed E-state index contributed by atoms with van der Waals surface area (Å²) in [6, 6.07) is 11.2. The fourth-order valence-electron chi connectivity index (χ4n) is 3.21. The second-order valence-corrected chi connectivity index (χ2v) is 6.98. The third-order valence-corrected chi connectivity index (χ3v) is 5.05. The average molecular weight is 389 g/mol. The summed E-state index contributed by atoms with van der Waals surface area (Å²) in [6.45, 7) is 4.92. The lowest BCUT2D eigenvalue weighted by Gasteiger charge is -2.30. The minimum absolute atomic E-state index is 0.191. The predicted molar refractivity (Wildman–Crippen MR) is 108 cm³/mol. The van der Waals surface area contributed by atoms with Crippen LogP contribution in [0.3, 0.4) is 0 Å². The summed E-state index contributed by atoms with van der Waals surface area (Å²) in [4.78, 5) is 14.4. The number of urea groups is 1. The molecule has 0 bridgehead atoms. The van der Waals surface area contributed by atoms with Gasteiger partial charge in [-0.2, -0.15) is 0 Å². The quantitative estimate of drug-likeness (QED) is 0.802. The maximum atomic E-state index is 12.8. The summed E-state index contributed by atoms with van der Waals surface area (Å²) in [6.07, 6.45) is 1.36. The summed E-state index contributed by atoms with van der Waals surface area (Å²) >= 11 is 6.32. The molecule has 1 N–H and O–H groups in total. The number of carbonyl (C=O) groups excluding carboxylic acids is 1. The molecule has 1 aliphatic heterocycles. The summed E-state index contributed by atoms with van der Waals surface area (Å²) in [5, 5.41) is 3.71. The second kappa shape index (κ2) is 8.53. The number of likely N-dealkylation sites (N-methyl/N-ethyl adjacent to an activating group) is 1. The minimum atomic E-state index is -0.216. The Labute approximate surface area is 165 Å². The average Bonchev–Trinajstić information content (AvgIpc) is 2.68. The third-order valence-electron chi connectivity index (χ3n) is 4.70. The number of fused-ring (bicyclic) bond motifs is 1. The molecular formula is C21H25ClN2O3. The van der Waals surface area contributed by atoms with Crippen LogP contribution >= 0.6 is 11.6 Å². The lowest BCUT2D eigenvalue weighted by atomic mass is 10.0. The number of ether oxygens (including phenoxy) is 2.